The SMILES string of the molecule is CC.CC(C)(C)OC(=O)NCc1ccc2c(c1)OC[C@@H](O)N2. The summed E-state index contributed by atoms with van der Waals surface area (Å²) in [7, 11) is 0. The first-order valence-electron chi connectivity index (χ1n) is 7.51. The number of carbonyl (C=O) groups is 1. The van der Waals surface area contributed by atoms with Crippen LogP contribution in [0.5, 0.6) is 5.75 Å². The Hall–Kier alpha value is -1.95. The number of ether oxygens (including phenoxy) is 2. The van der Waals surface area contributed by atoms with Crippen LogP contribution in [-0.4, -0.2) is 29.6 Å². The first-order valence-corrected chi connectivity index (χ1v) is 7.51. The summed E-state index contributed by atoms with van der Waals surface area (Å²) in [6, 6.07) is 5.49. The van der Waals surface area contributed by atoms with Crippen LogP contribution in [0.3, 0.4) is 0 Å². The molecule has 1 aliphatic rings. The van der Waals surface area contributed by atoms with Crippen LogP contribution in [0, 0.1) is 0 Å². The van der Waals surface area contributed by atoms with Crippen molar-refractivity contribution < 1.29 is 19.4 Å². The number of carbonyl (C=O) groups excluding carboxylic acids is 1. The van der Waals surface area contributed by atoms with Gasteiger partial charge in [0.25, 0.3) is 0 Å². The number of alkyl carbamates (subject to hydrolysis) is 1. The van der Waals surface area contributed by atoms with Crippen molar-refractivity contribution in [1.82, 2.24) is 5.32 Å². The van der Waals surface area contributed by atoms with Crippen LogP contribution >= 0.6 is 0 Å². The molecule has 1 aromatic carbocycles. The Morgan fingerprint density at radius 1 is 1.45 bits per heavy atom. The lowest BCUT2D eigenvalue weighted by Crippen LogP contribution is -2.32. The maximum absolute atomic E-state index is 11.6. The topological polar surface area (TPSA) is 79.8 Å². The summed E-state index contributed by atoms with van der Waals surface area (Å²) in [5.74, 6) is 0.666. The maximum Gasteiger partial charge on any atom is 0.407 e. The fourth-order valence-corrected chi connectivity index (χ4v) is 1.79. The van der Waals surface area contributed by atoms with Crippen LogP contribution in [0.4, 0.5) is 10.5 Å². The fraction of sp³-hybridized carbons (Fsp3) is 0.562. The molecule has 0 unspecified atom stereocenters. The van der Waals surface area contributed by atoms with Crippen LogP contribution < -0.4 is 15.4 Å². The molecule has 0 bridgehead atoms. The highest BCUT2D eigenvalue weighted by Gasteiger charge is 2.18. The lowest BCUT2D eigenvalue weighted by Gasteiger charge is -2.24. The number of nitrogens with one attached hydrogen (secondary N) is 2. The molecule has 2 rings (SSSR count). The molecule has 0 radical (unpaired) electrons. The van der Waals surface area contributed by atoms with E-state index in [9.17, 15) is 9.90 Å². The fourth-order valence-electron chi connectivity index (χ4n) is 1.79. The van der Waals surface area contributed by atoms with Crippen LogP contribution in [0.15, 0.2) is 18.2 Å². The molecular formula is C16H26N2O4. The van der Waals surface area contributed by atoms with Crippen molar-refractivity contribution in [2.24, 2.45) is 0 Å². The molecule has 0 aromatic heterocycles. The van der Waals surface area contributed by atoms with E-state index < -0.39 is 17.9 Å². The van der Waals surface area contributed by atoms with Crippen molar-refractivity contribution in [3.8, 4) is 5.75 Å². The zero-order chi connectivity index (χ0) is 16.8. The monoisotopic (exact) mass is 310 g/mol. The molecule has 3 N–H and O–H groups in total. The number of hydrogen-bond donors (Lipinski definition) is 3. The first-order chi connectivity index (χ1) is 10.3. The van der Waals surface area contributed by atoms with Crippen LogP contribution in [0.25, 0.3) is 0 Å². The van der Waals surface area contributed by atoms with Gasteiger partial charge in [0.05, 0.1) is 5.69 Å². The van der Waals surface area contributed by atoms with E-state index in [0.717, 1.165) is 11.3 Å². The second-order valence-electron chi connectivity index (χ2n) is 5.66. The van der Waals surface area contributed by atoms with Crippen molar-refractivity contribution in [2.75, 3.05) is 11.9 Å². The molecule has 124 valence electrons. The second kappa shape index (κ2) is 7.89. The quantitative estimate of drug-likeness (QED) is 0.782. The van der Waals surface area contributed by atoms with Gasteiger partial charge in [-0.15, -0.1) is 0 Å². The summed E-state index contributed by atoms with van der Waals surface area (Å²) in [4.78, 5) is 11.6. The maximum atomic E-state index is 11.6. The Balaban J connectivity index is 0.00000116. The average molecular weight is 310 g/mol. The van der Waals surface area contributed by atoms with E-state index in [-0.39, 0.29) is 6.61 Å². The normalized spacial score (nSPS) is 16.2. The predicted octanol–water partition coefficient (Wildman–Crippen LogP) is 2.86. The highest BCUT2D eigenvalue weighted by Crippen LogP contribution is 2.29. The smallest absolute Gasteiger partial charge is 0.407 e. The summed E-state index contributed by atoms with van der Waals surface area (Å²) < 4.78 is 10.6. The summed E-state index contributed by atoms with van der Waals surface area (Å²) in [5, 5.41) is 15.0. The Morgan fingerprint density at radius 3 is 2.77 bits per heavy atom. The van der Waals surface area contributed by atoms with Gasteiger partial charge in [0.2, 0.25) is 0 Å². The molecule has 0 saturated carbocycles. The van der Waals surface area contributed by atoms with Gasteiger partial charge in [-0.2, -0.15) is 0 Å². The number of fused-ring (bicyclic) bond motifs is 1. The minimum Gasteiger partial charge on any atom is -0.487 e. The van der Waals surface area contributed by atoms with Crippen molar-refractivity contribution in [3.05, 3.63) is 23.8 Å². The molecule has 0 saturated heterocycles. The molecule has 22 heavy (non-hydrogen) atoms. The van der Waals surface area contributed by atoms with Crippen LogP contribution in [0.2, 0.25) is 0 Å². The summed E-state index contributed by atoms with van der Waals surface area (Å²) in [6.45, 7) is 10.0. The third-order valence-corrected chi connectivity index (χ3v) is 2.60. The van der Waals surface area contributed by atoms with E-state index in [1.807, 2.05) is 52.8 Å². The minimum atomic E-state index is -0.687. The second-order valence-corrected chi connectivity index (χ2v) is 5.66. The van der Waals surface area contributed by atoms with Crippen LogP contribution in [-0.2, 0) is 11.3 Å². The zero-order valence-electron chi connectivity index (χ0n) is 13.9. The van der Waals surface area contributed by atoms with Gasteiger partial charge in [0.15, 0.2) is 6.23 Å². The van der Waals surface area contributed by atoms with E-state index >= 15 is 0 Å². The van der Waals surface area contributed by atoms with E-state index in [1.165, 1.54) is 0 Å². The number of benzene rings is 1. The third kappa shape index (κ3) is 5.81. The van der Waals surface area contributed by atoms with Gasteiger partial charge >= 0.3 is 6.09 Å². The predicted molar refractivity (Wildman–Crippen MR) is 86.0 cm³/mol. The van der Waals surface area contributed by atoms with Gasteiger partial charge in [-0.25, -0.2) is 4.79 Å². The van der Waals surface area contributed by atoms with Crippen molar-refractivity contribution in [1.29, 1.82) is 0 Å². The summed E-state index contributed by atoms with van der Waals surface area (Å²) >= 11 is 0. The number of aliphatic hydroxyl groups excluding tert-OH is 1. The molecule has 1 aromatic rings. The van der Waals surface area contributed by atoms with Gasteiger partial charge in [0, 0.05) is 6.54 Å². The first kappa shape index (κ1) is 18.1. The molecule has 0 fully saturated rings. The van der Waals surface area contributed by atoms with Crippen molar-refractivity contribution >= 4 is 11.8 Å². The largest absolute Gasteiger partial charge is 0.487 e. The van der Waals surface area contributed by atoms with Gasteiger partial charge < -0.3 is 25.2 Å². The highest BCUT2D eigenvalue weighted by molar-refractivity contribution is 5.68. The molecule has 1 aliphatic heterocycles. The number of amides is 1. The van der Waals surface area contributed by atoms with Gasteiger partial charge in [-0.1, -0.05) is 19.9 Å². The van der Waals surface area contributed by atoms with E-state index in [2.05, 4.69) is 10.6 Å². The number of rotatable bonds is 2. The van der Waals surface area contributed by atoms with E-state index in [1.54, 1.807) is 0 Å². The Bertz CT molecular complexity index is 497. The Kier molecular flexibility index (Phi) is 6.49. The van der Waals surface area contributed by atoms with Crippen LogP contribution in [0.1, 0.15) is 40.2 Å². The molecule has 1 heterocycles. The lowest BCUT2D eigenvalue weighted by molar-refractivity contribution is 0.0523. The lowest BCUT2D eigenvalue weighted by atomic mass is 10.1. The average Bonchev–Trinajstić information content (AvgIpc) is 2.45. The highest BCUT2D eigenvalue weighted by atomic mass is 16.6. The Morgan fingerprint density at radius 2 is 2.14 bits per heavy atom. The standard InChI is InChI=1S/C14H20N2O4.C2H6/c1-14(2,3)20-13(18)15-7-9-4-5-10-11(6-9)19-8-12(17)16-10;1-2/h4-6,12,16-17H,7-8H2,1-3H3,(H,15,18);1-2H3/t12-;/m1./s1. The zero-order valence-corrected chi connectivity index (χ0v) is 13.9. The summed E-state index contributed by atoms with van der Waals surface area (Å²) in [5.41, 5.74) is 1.13. The van der Waals surface area contributed by atoms with Gasteiger partial charge in [-0.05, 0) is 38.5 Å². The molecule has 1 amide bonds. The van der Waals surface area contributed by atoms with Crippen molar-refractivity contribution in [2.45, 2.75) is 53.0 Å². The van der Waals surface area contributed by atoms with E-state index in [4.69, 9.17) is 9.47 Å². The summed E-state index contributed by atoms with van der Waals surface area (Å²) in [6.07, 6.45) is -1.14. The molecule has 6 heteroatoms. The minimum absolute atomic E-state index is 0.204. The molecular weight excluding hydrogens is 284 g/mol. The molecule has 6 nitrogen and oxygen atoms in total. The van der Waals surface area contributed by atoms with Gasteiger partial charge in [0.1, 0.15) is 18.0 Å². The molecule has 0 spiro atoms. The molecule has 0 aliphatic carbocycles. The molecule has 1 atom stereocenters. The number of hydrogen-bond acceptors (Lipinski definition) is 5. The van der Waals surface area contributed by atoms with Crippen molar-refractivity contribution in [3.63, 3.8) is 0 Å². The van der Waals surface area contributed by atoms with Gasteiger partial charge in [-0.3, -0.25) is 0 Å². The number of aliphatic hydroxyl groups is 1. The Labute approximate surface area is 131 Å². The number of anilines is 1. The third-order valence-electron chi connectivity index (χ3n) is 2.60. The van der Waals surface area contributed by atoms with E-state index in [0.29, 0.717) is 12.3 Å².